The van der Waals surface area contributed by atoms with Crippen LogP contribution < -0.4 is 5.32 Å². The van der Waals surface area contributed by atoms with Crippen molar-refractivity contribution in [2.45, 2.75) is 32.7 Å². The van der Waals surface area contributed by atoms with Crippen LogP contribution in [-0.2, 0) is 11.2 Å². The summed E-state index contributed by atoms with van der Waals surface area (Å²) in [4.78, 5) is 22.2. The number of hydrogen-bond donors (Lipinski definition) is 2. The van der Waals surface area contributed by atoms with Crippen molar-refractivity contribution >= 4 is 11.9 Å². The van der Waals surface area contributed by atoms with Gasteiger partial charge in [-0.3, -0.25) is 9.59 Å². The van der Waals surface area contributed by atoms with Crippen molar-refractivity contribution in [1.82, 2.24) is 5.32 Å². The van der Waals surface area contributed by atoms with E-state index >= 15 is 0 Å². The van der Waals surface area contributed by atoms with Gasteiger partial charge in [-0.1, -0.05) is 25.5 Å². The van der Waals surface area contributed by atoms with Crippen LogP contribution in [0.25, 0.3) is 0 Å². The van der Waals surface area contributed by atoms with E-state index in [1.165, 1.54) is 12.5 Å². The second kappa shape index (κ2) is 6.03. The minimum Gasteiger partial charge on any atom is -0.480 e. The number of aryl methyl sites for hydroxylation is 1. The van der Waals surface area contributed by atoms with Crippen LogP contribution in [0.2, 0.25) is 0 Å². The molecule has 0 saturated heterocycles. The summed E-state index contributed by atoms with van der Waals surface area (Å²) in [5.74, 6) is -1.40. The lowest BCUT2D eigenvalue weighted by Crippen LogP contribution is -2.38. The summed E-state index contributed by atoms with van der Waals surface area (Å²) in [6.45, 7) is 3.53. The molecule has 0 aromatic heterocycles. The number of amides is 1. The monoisotopic (exact) mass is 235 g/mol. The average molecular weight is 235 g/mol. The predicted molar refractivity (Wildman–Crippen MR) is 65.0 cm³/mol. The van der Waals surface area contributed by atoms with Crippen molar-refractivity contribution in [3.05, 3.63) is 35.4 Å². The highest BCUT2D eigenvalue weighted by atomic mass is 16.4. The third-order valence-corrected chi connectivity index (χ3v) is 2.47. The summed E-state index contributed by atoms with van der Waals surface area (Å²) in [7, 11) is 0. The maximum atomic E-state index is 11.7. The summed E-state index contributed by atoms with van der Waals surface area (Å²) in [5.41, 5.74) is 1.66. The minimum absolute atomic E-state index is 0.358. The van der Waals surface area contributed by atoms with Crippen LogP contribution in [0.5, 0.6) is 0 Å². The maximum absolute atomic E-state index is 11.7. The third-order valence-electron chi connectivity index (χ3n) is 2.47. The summed E-state index contributed by atoms with van der Waals surface area (Å²) in [6, 6.07) is 6.34. The highest BCUT2D eigenvalue weighted by Crippen LogP contribution is 2.06. The molecule has 0 unspecified atom stereocenters. The van der Waals surface area contributed by atoms with E-state index in [-0.39, 0.29) is 5.91 Å². The molecule has 0 spiro atoms. The number of carbonyl (C=O) groups is 2. The first-order chi connectivity index (χ1) is 8.04. The van der Waals surface area contributed by atoms with Gasteiger partial charge < -0.3 is 10.4 Å². The van der Waals surface area contributed by atoms with Crippen LogP contribution in [0.3, 0.4) is 0 Å². The van der Waals surface area contributed by atoms with Crippen LogP contribution in [0.4, 0.5) is 0 Å². The predicted octanol–water partition coefficient (Wildman–Crippen LogP) is 1.84. The van der Waals surface area contributed by atoms with E-state index < -0.39 is 12.0 Å². The molecule has 0 saturated carbocycles. The Balaban J connectivity index is 2.66. The summed E-state index contributed by atoms with van der Waals surface area (Å²) in [6.07, 6.45) is 2.04. The van der Waals surface area contributed by atoms with Crippen molar-refractivity contribution in [1.29, 1.82) is 0 Å². The average Bonchev–Trinajstić information content (AvgIpc) is 2.30. The molecular weight excluding hydrogens is 218 g/mol. The fourth-order valence-corrected chi connectivity index (χ4v) is 1.45. The number of carboxylic acids is 1. The zero-order valence-electron chi connectivity index (χ0n) is 10.1. The number of carbonyl (C=O) groups excluding carboxylic acids is 1. The Labute approximate surface area is 101 Å². The van der Waals surface area contributed by atoms with E-state index in [1.54, 1.807) is 12.1 Å². The highest BCUT2D eigenvalue weighted by Gasteiger charge is 2.14. The normalized spacial score (nSPS) is 11.9. The zero-order valence-corrected chi connectivity index (χ0v) is 10.1. The molecule has 0 fully saturated rings. The molecule has 4 nitrogen and oxygen atoms in total. The summed E-state index contributed by atoms with van der Waals surface area (Å²) >= 11 is 0. The lowest BCUT2D eigenvalue weighted by molar-refractivity contribution is -0.138. The first-order valence-corrected chi connectivity index (χ1v) is 5.67. The van der Waals surface area contributed by atoms with Gasteiger partial charge in [0.2, 0.25) is 0 Å². The second-order valence-electron chi connectivity index (χ2n) is 3.98. The van der Waals surface area contributed by atoms with E-state index in [0.29, 0.717) is 5.56 Å². The number of hydrogen-bond acceptors (Lipinski definition) is 2. The van der Waals surface area contributed by atoms with E-state index in [1.807, 2.05) is 12.1 Å². The van der Waals surface area contributed by atoms with Gasteiger partial charge in [0.1, 0.15) is 6.04 Å². The molecule has 2 N–H and O–H groups in total. The van der Waals surface area contributed by atoms with Gasteiger partial charge in [-0.2, -0.15) is 0 Å². The second-order valence-corrected chi connectivity index (χ2v) is 3.98. The lowest BCUT2D eigenvalue weighted by Gasteiger charge is -2.09. The van der Waals surface area contributed by atoms with Crippen LogP contribution in [0.15, 0.2) is 24.3 Å². The Morgan fingerprint density at radius 1 is 1.29 bits per heavy atom. The molecule has 0 aliphatic carbocycles. The fraction of sp³-hybridized carbons (Fsp3) is 0.385. The van der Waals surface area contributed by atoms with E-state index in [9.17, 15) is 9.59 Å². The molecule has 1 atom stereocenters. The number of benzene rings is 1. The summed E-state index contributed by atoms with van der Waals surface area (Å²) < 4.78 is 0. The van der Waals surface area contributed by atoms with Crippen LogP contribution in [0, 0.1) is 0 Å². The first kappa shape index (κ1) is 13.2. The van der Waals surface area contributed by atoms with Crippen molar-refractivity contribution in [2.75, 3.05) is 0 Å². The molecule has 0 aliphatic heterocycles. The van der Waals surface area contributed by atoms with Gasteiger partial charge >= 0.3 is 5.97 Å². The van der Waals surface area contributed by atoms with E-state index in [0.717, 1.165) is 12.8 Å². The maximum Gasteiger partial charge on any atom is 0.325 e. The Hall–Kier alpha value is -1.84. The van der Waals surface area contributed by atoms with Gasteiger partial charge in [0, 0.05) is 5.56 Å². The SMILES string of the molecule is CCCc1ccc(C(=O)N[C@@H](C)C(=O)O)cc1. The molecule has 1 aromatic rings. The smallest absolute Gasteiger partial charge is 0.325 e. The van der Waals surface area contributed by atoms with Gasteiger partial charge in [0.15, 0.2) is 0 Å². The minimum atomic E-state index is -1.04. The van der Waals surface area contributed by atoms with E-state index in [4.69, 9.17) is 5.11 Å². The molecule has 17 heavy (non-hydrogen) atoms. The molecular formula is C13H17NO3. The van der Waals surface area contributed by atoms with Crippen molar-refractivity contribution < 1.29 is 14.7 Å². The topological polar surface area (TPSA) is 66.4 Å². The quantitative estimate of drug-likeness (QED) is 0.818. The molecule has 4 heteroatoms. The van der Waals surface area contributed by atoms with Crippen LogP contribution in [-0.4, -0.2) is 23.0 Å². The van der Waals surface area contributed by atoms with Crippen molar-refractivity contribution in [3.63, 3.8) is 0 Å². The Morgan fingerprint density at radius 2 is 1.88 bits per heavy atom. The van der Waals surface area contributed by atoms with Gasteiger partial charge in [-0.25, -0.2) is 0 Å². The van der Waals surface area contributed by atoms with Crippen LogP contribution in [0.1, 0.15) is 36.2 Å². The van der Waals surface area contributed by atoms with Gasteiger partial charge in [-0.05, 0) is 31.0 Å². The van der Waals surface area contributed by atoms with E-state index in [2.05, 4.69) is 12.2 Å². The molecule has 92 valence electrons. The van der Waals surface area contributed by atoms with Gasteiger partial charge in [-0.15, -0.1) is 0 Å². The van der Waals surface area contributed by atoms with Crippen molar-refractivity contribution in [2.24, 2.45) is 0 Å². The molecule has 1 aromatic carbocycles. The third kappa shape index (κ3) is 3.90. The van der Waals surface area contributed by atoms with Gasteiger partial charge in [0.25, 0.3) is 5.91 Å². The van der Waals surface area contributed by atoms with Gasteiger partial charge in [0.05, 0.1) is 0 Å². The highest BCUT2D eigenvalue weighted by molar-refractivity contribution is 5.96. The number of rotatable bonds is 5. The molecule has 1 rings (SSSR count). The number of aliphatic carboxylic acids is 1. The molecule has 0 aliphatic rings. The largest absolute Gasteiger partial charge is 0.480 e. The molecule has 1 amide bonds. The Morgan fingerprint density at radius 3 is 2.35 bits per heavy atom. The number of nitrogens with one attached hydrogen (secondary N) is 1. The fourth-order valence-electron chi connectivity index (χ4n) is 1.45. The molecule has 0 heterocycles. The zero-order chi connectivity index (χ0) is 12.8. The standard InChI is InChI=1S/C13H17NO3/c1-3-4-10-5-7-11(8-6-10)12(15)14-9(2)13(16)17/h5-9H,3-4H2,1-2H3,(H,14,15)(H,16,17)/t9-/m0/s1. The lowest BCUT2D eigenvalue weighted by atomic mass is 10.1. The first-order valence-electron chi connectivity index (χ1n) is 5.67. The molecule has 0 radical (unpaired) electrons. The Kier molecular flexibility index (Phi) is 4.69. The summed E-state index contributed by atoms with van der Waals surface area (Å²) in [5, 5.41) is 11.1. The van der Waals surface area contributed by atoms with Crippen molar-refractivity contribution in [3.8, 4) is 0 Å². The van der Waals surface area contributed by atoms with Crippen LogP contribution >= 0.6 is 0 Å². The molecule has 0 bridgehead atoms. The Bertz CT molecular complexity index is 398. The number of carboxylic acid groups (broad SMARTS) is 1.